The molecule has 0 unspecified atom stereocenters. The number of nitrogens with zero attached hydrogens (tertiary/aromatic N) is 2. The Morgan fingerprint density at radius 2 is 1.70 bits per heavy atom. The SMILES string of the molecule is CCN(CC)c1cnc(C)c(NS(=O)(=O)c2ccc(C)cc2)c1. The minimum Gasteiger partial charge on any atom is -0.371 e. The van der Waals surface area contributed by atoms with Crippen molar-refractivity contribution in [1.82, 2.24) is 4.98 Å². The second-order valence-corrected chi connectivity index (χ2v) is 7.10. The van der Waals surface area contributed by atoms with E-state index in [0.29, 0.717) is 11.4 Å². The number of benzene rings is 1. The molecule has 6 heteroatoms. The summed E-state index contributed by atoms with van der Waals surface area (Å²) in [6.07, 6.45) is 1.77. The van der Waals surface area contributed by atoms with Crippen molar-refractivity contribution in [2.45, 2.75) is 32.6 Å². The van der Waals surface area contributed by atoms with E-state index in [2.05, 4.69) is 28.5 Å². The van der Waals surface area contributed by atoms with Gasteiger partial charge in [0, 0.05) is 13.1 Å². The van der Waals surface area contributed by atoms with Crippen molar-refractivity contribution in [1.29, 1.82) is 0 Å². The smallest absolute Gasteiger partial charge is 0.261 e. The van der Waals surface area contributed by atoms with Crippen LogP contribution in [0.1, 0.15) is 25.1 Å². The molecule has 1 heterocycles. The Morgan fingerprint density at radius 1 is 1.09 bits per heavy atom. The molecular formula is C17H23N3O2S. The summed E-state index contributed by atoms with van der Waals surface area (Å²) in [6, 6.07) is 8.61. The highest BCUT2D eigenvalue weighted by atomic mass is 32.2. The van der Waals surface area contributed by atoms with Gasteiger partial charge in [0.05, 0.1) is 28.2 Å². The number of nitrogens with one attached hydrogen (secondary N) is 1. The van der Waals surface area contributed by atoms with Gasteiger partial charge in [-0.1, -0.05) is 17.7 Å². The Morgan fingerprint density at radius 3 is 2.26 bits per heavy atom. The normalized spacial score (nSPS) is 11.3. The van der Waals surface area contributed by atoms with Crippen LogP contribution >= 0.6 is 0 Å². The topological polar surface area (TPSA) is 62.3 Å². The van der Waals surface area contributed by atoms with Crippen LogP contribution in [0.5, 0.6) is 0 Å². The maximum atomic E-state index is 12.5. The Kier molecular flexibility index (Phi) is 5.26. The fourth-order valence-electron chi connectivity index (χ4n) is 2.31. The van der Waals surface area contributed by atoms with Gasteiger partial charge in [-0.2, -0.15) is 0 Å². The number of anilines is 2. The van der Waals surface area contributed by atoms with Gasteiger partial charge in [-0.3, -0.25) is 9.71 Å². The zero-order chi connectivity index (χ0) is 17.0. The summed E-state index contributed by atoms with van der Waals surface area (Å²) in [6.45, 7) is 9.50. The molecule has 2 aromatic rings. The van der Waals surface area contributed by atoms with Crippen LogP contribution in [0.15, 0.2) is 41.4 Å². The molecular weight excluding hydrogens is 310 g/mol. The molecule has 0 aliphatic heterocycles. The van der Waals surface area contributed by atoms with Crippen molar-refractivity contribution in [3.8, 4) is 0 Å². The van der Waals surface area contributed by atoms with Crippen LogP contribution in [0.25, 0.3) is 0 Å². The minimum atomic E-state index is -3.62. The summed E-state index contributed by atoms with van der Waals surface area (Å²) < 4.78 is 27.7. The molecule has 0 saturated heterocycles. The van der Waals surface area contributed by atoms with Gasteiger partial charge in [-0.15, -0.1) is 0 Å². The third-order valence-electron chi connectivity index (χ3n) is 3.78. The molecule has 124 valence electrons. The minimum absolute atomic E-state index is 0.246. The number of aryl methyl sites for hydroxylation is 2. The standard InChI is InChI=1S/C17H23N3O2S/c1-5-20(6-2)15-11-17(14(4)18-12-15)19-23(21,22)16-9-7-13(3)8-10-16/h7-12,19H,5-6H2,1-4H3. The zero-order valence-electron chi connectivity index (χ0n) is 14.0. The molecule has 0 spiro atoms. The predicted molar refractivity (Wildman–Crippen MR) is 94.5 cm³/mol. The first kappa shape index (κ1) is 17.3. The molecule has 0 radical (unpaired) electrons. The highest BCUT2D eigenvalue weighted by Crippen LogP contribution is 2.24. The molecule has 0 aliphatic rings. The molecule has 0 amide bonds. The molecule has 1 N–H and O–H groups in total. The number of hydrogen-bond acceptors (Lipinski definition) is 4. The molecule has 0 aliphatic carbocycles. The van der Waals surface area contributed by atoms with Gasteiger partial charge in [0.15, 0.2) is 0 Å². The van der Waals surface area contributed by atoms with Crippen LogP contribution in [0.2, 0.25) is 0 Å². The Hall–Kier alpha value is -2.08. The van der Waals surface area contributed by atoms with Crippen molar-refractivity contribution >= 4 is 21.4 Å². The van der Waals surface area contributed by atoms with E-state index in [1.807, 2.05) is 13.0 Å². The second kappa shape index (κ2) is 7.00. The van der Waals surface area contributed by atoms with Crippen LogP contribution in [-0.2, 0) is 10.0 Å². The number of rotatable bonds is 6. The molecule has 0 saturated carbocycles. The Balaban J connectivity index is 2.35. The summed E-state index contributed by atoms with van der Waals surface area (Å²) in [5.41, 5.74) is 3.08. The van der Waals surface area contributed by atoms with E-state index >= 15 is 0 Å². The lowest BCUT2D eigenvalue weighted by Gasteiger charge is -2.22. The third-order valence-corrected chi connectivity index (χ3v) is 5.16. The van der Waals surface area contributed by atoms with E-state index in [9.17, 15) is 8.42 Å². The zero-order valence-corrected chi connectivity index (χ0v) is 14.8. The van der Waals surface area contributed by atoms with E-state index in [1.54, 1.807) is 37.4 Å². The van der Waals surface area contributed by atoms with E-state index in [1.165, 1.54) is 0 Å². The summed E-state index contributed by atoms with van der Waals surface area (Å²) in [7, 11) is -3.62. The number of pyridine rings is 1. The molecule has 1 aromatic heterocycles. The summed E-state index contributed by atoms with van der Waals surface area (Å²) in [4.78, 5) is 6.69. The first-order chi connectivity index (χ1) is 10.9. The van der Waals surface area contributed by atoms with Gasteiger partial charge in [0.2, 0.25) is 0 Å². The van der Waals surface area contributed by atoms with Crippen molar-refractivity contribution in [3.63, 3.8) is 0 Å². The number of aromatic nitrogens is 1. The second-order valence-electron chi connectivity index (χ2n) is 5.42. The maximum absolute atomic E-state index is 12.5. The van der Waals surface area contributed by atoms with E-state index in [-0.39, 0.29) is 4.90 Å². The van der Waals surface area contributed by atoms with Gasteiger partial charge in [-0.05, 0) is 45.9 Å². The van der Waals surface area contributed by atoms with Crippen LogP contribution in [0.3, 0.4) is 0 Å². The lowest BCUT2D eigenvalue weighted by molar-refractivity contribution is 0.601. The summed E-state index contributed by atoms with van der Waals surface area (Å²) >= 11 is 0. The van der Waals surface area contributed by atoms with Crippen molar-refractivity contribution in [3.05, 3.63) is 47.8 Å². The van der Waals surface area contributed by atoms with Crippen LogP contribution in [0, 0.1) is 13.8 Å². The molecule has 23 heavy (non-hydrogen) atoms. The first-order valence-corrected chi connectivity index (χ1v) is 9.16. The van der Waals surface area contributed by atoms with E-state index in [4.69, 9.17) is 0 Å². The molecule has 0 bridgehead atoms. The van der Waals surface area contributed by atoms with Crippen LogP contribution in [-0.4, -0.2) is 26.5 Å². The fourth-order valence-corrected chi connectivity index (χ4v) is 3.42. The quantitative estimate of drug-likeness (QED) is 0.880. The summed E-state index contributed by atoms with van der Waals surface area (Å²) in [5, 5.41) is 0. The highest BCUT2D eigenvalue weighted by molar-refractivity contribution is 7.92. The van der Waals surface area contributed by atoms with Crippen molar-refractivity contribution in [2.24, 2.45) is 0 Å². The maximum Gasteiger partial charge on any atom is 0.261 e. The van der Waals surface area contributed by atoms with E-state index in [0.717, 1.165) is 24.3 Å². The largest absolute Gasteiger partial charge is 0.371 e. The van der Waals surface area contributed by atoms with Gasteiger partial charge >= 0.3 is 0 Å². The monoisotopic (exact) mass is 333 g/mol. The van der Waals surface area contributed by atoms with Crippen molar-refractivity contribution in [2.75, 3.05) is 22.7 Å². The number of hydrogen-bond donors (Lipinski definition) is 1. The highest BCUT2D eigenvalue weighted by Gasteiger charge is 2.16. The molecule has 2 rings (SSSR count). The number of sulfonamides is 1. The average molecular weight is 333 g/mol. The van der Waals surface area contributed by atoms with Gasteiger partial charge in [0.1, 0.15) is 0 Å². The van der Waals surface area contributed by atoms with Crippen LogP contribution in [0.4, 0.5) is 11.4 Å². The van der Waals surface area contributed by atoms with Crippen molar-refractivity contribution < 1.29 is 8.42 Å². The van der Waals surface area contributed by atoms with Crippen LogP contribution < -0.4 is 9.62 Å². The van der Waals surface area contributed by atoms with Gasteiger partial charge < -0.3 is 4.90 Å². The fraction of sp³-hybridized carbons (Fsp3) is 0.353. The van der Waals surface area contributed by atoms with Gasteiger partial charge in [0.25, 0.3) is 10.0 Å². The third kappa shape index (κ3) is 4.01. The predicted octanol–water partition coefficient (Wildman–Crippen LogP) is 3.35. The summed E-state index contributed by atoms with van der Waals surface area (Å²) in [5.74, 6) is 0. The molecule has 0 fully saturated rings. The first-order valence-electron chi connectivity index (χ1n) is 7.68. The lowest BCUT2D eigenvalue weighted by Crippen LogP contribution is -2.22. The Bertz CT molecular complexity index is 767. The van der Waals surface area contributed by atoms with E-state index < -0.39 is 10.0 Å². The van der Waals surface area contributed by atoms with Gasteiger partial charge in [-0.25, -0.2) is 8.42 Å². The Labute approximate surface area is 138 Å². The molecule has 1 aromatic carbocycles. The lowest BCUT2D eigenvalue weighted by atomic mass is 10.2. The molecule has 5 nitrogen and oxygen atoms in total. The average Bonchev–Trinajstić information content (AvgIpc) is 2.52. The molecule has 0 atom stereocenters.